The van der Waals surface area contributed by atoms with Gasteiger partial charge in [0.05, 0.1) is 18.1 Å². The van der Waals surface area contributed by atoms with E-state index in [0.29, 0.717) is 35.8 Å². The standard InChI is InChI=1S/C23H24N2O7S/c1-15-3-4-17(12-21(15)33(28,29)25-7-9-30-10-8-25)24-22(26)14-31-18-5-6-19-16(2)11-23(27)32-20(19)13-18/h3-6,11-13H,7-10,14H2,1-2H3,(H,24,26). The Morgan fingerprint density at radius 3 is 2.58 bits per heavy atom. The minimum atomic E-state index is -3.70. The van der Waals surface area contributed by atoms with E-state index >= 15 is 0 Å². The van der Waals surface area contributed by atoms with Crippen LogP contribution in [0.4, 0.5) is 5.69 Å². The van der Waals surface area contributed by atoms with Crippen LogP contribution in [0.2, 0.25) is 0 Å². The Labute approximate surface area is 191 Å². The number of fused-ring (bicyclic) bond motifs is 1. The van der Waals surface area contributed by atoms with E-state index in [2.05, 4.69) is 5.32 Å². The van der Waals surface area contributed by atoms with Crippen LogP contribution in [0.5, 0.6) is 5.75 Å². The largest absolute Gasteiger partial charge is 0.484 e. The van der Waals surface area contributed by atoms with Crippen molar-refractivity contribution in [3.8, 4) is 5.75 Å². The Balaban J connectivity index is 1.45. The predicted molar refractivity (Wildman–Crippen MR) is 122 cm³/mol. The Morgan fingerprint density at radius 2 is 1.82 bits per heavy atom. The molecule has 2 heterocycles. The lowest BCUT2D eigenvalue weighted by Crippen LogP contribution is -2.40. The smallest absolute Gasteiger partial charge is 0.336 e. The predicted octanol–water partition coefficient (Wildman–Crippen LogP) is 2.45. The normalized spacial score (nSPS) is 14.8. The minimum Gasteiger partial charge on any atom is -0.484 e. The third kappa shape index (κ3) is 5.08. The van der Waals surface area contributed by atoms with E-state index in [1.165, 1.54) is 16.4 Å². The SMILES string of the molecule is Cc1ccc(NC(=O)COc2ccc3c(C)cc(=O)oc3c2)cc1S(=O)(=O)N1CCOCC1. The summed E-state index contributed by atoms with van der Waals surface area (Å²) in [6.45, 7) is 4.49. The van der Waals surface area contributed by atoms with E-state index in [1.54, 1.807) is 37.3 Å². The summed E-state index contributed by atoms with van der Waals surface area (Å²) in [5.41, 5.74) is 1.63. The Bertz CT molecular complexity index is 1360. The van der Waals surface area contributed by atoms with Crippen LogP contribution in [0, 0.1) is 13.8 Å². The van der Waals surface area contributed by atoms with Gasteiger partial charge in [0, 0.05) is 36.3 Å². The molecule has 0 atom stereocenters. The number of hydrogen-bond donors (Lipinski definition) is 1. The molecule has 3 aromatic rings. The molecule has 0 bridgehead atoms. The van der Waals surface area contributed by atoms with Crippen LogP contribution in [0.25, 0.3) is 11.0 Å². The van der Waals surface area contributed by atoms with Gasteiger partial charge in [-0.2, -0.15) is 4.31 Å². The molecular weight excluding hydrogens is 448 g/mol. The molecule has 0 saturated carbocycles. The Kier molecular flexibility index (Phi) is 6.50. The number of aryl methyl sites for hydroxylation is 2. The zero-order valence-corrected chi connectivity index (χ0v) is 19.1. The van der Waals surface area contributed by atoms with Crippen LogP contribution in [0.1, 0.15) is 11.1 Å². The molecule has 0 radical (unpaired) electrons. The second-order valence-electron chi connectivity index (χ2n) is 7.74. The number of anilines is 1. The first-order chi connectivity index (χ1) is 15.7. The maximum absolute atomic E-state index is 13.0. The second-order valence-corrected chi connectivity index (χ2v) is 9.65. The molecule has 1 N–H and O–H groups in total. The lowest BCUT2D eigenvalue weighted by Gasteiger charge is -2.26. The third-order valence-corrected chi connectivity index (χ3v) is 7.39. The van der Waals surface area contributed by atoms with Crippen molar-refractivity contribution in [3.05, 3.63) is 64.0 Å². The maximum atomic E-state index is 13.0. The van der Waals surface area contributed by atoms with E-state index < -0.39 is 21.6 Å². The van der Waals surface area contributed by atoms with Gasteiger partial charge >= 0.3 is 5.63 Å². The number of morpholine rings is 1. The molecule has 0 aliphatic carbocycles. The molecule has 1 aromatic heterocycles. The molecule has 1 amide bonds. The summed E-state index contributed by atoms with van der Waals surface area (Å²) in [6, 6.07) is 11.1. The first-order valence-corrected chi connectivity index (χ1v) is 11.8. The van der Waals surface area contributed by atoms with Crippen molar-refractivity contribution in [2.24, 2.45) is 0 Å². The third-order valence-electron chi connectivity index (χ3n) is 5.35. The van der Waals surface area contributed by atoms with Crippen molar-refractivity contribution in [2.45, 2.75) is 18.7 Å². The highest BCUT2D eigenvalue weighted by Crippen LogP contribution is 2.25. The molecule has 1 fully saturated rings. The first kappa shape index (κ1) is 23.0. The fraction of sp³-hybridized carbons (Fsp3) is 0.304. The Morgan fingerprint density at radius 1 is 1.06 bits per heavy atom. The summed E-state index contributed by atoms with van der Waals surface area (Å²) in [6.07, 6.45) is 0. The fourth-order valence-electron chi connectivity index (χ4n) is 3.62. The second kappa shape index (κ2) is 9.34. The molecule has 1 saturated heterocycles. The average molecular weight is 473 g/mol. The van der Waals surface area contributed by atoms with Gasteiger partial charge in [0.15, 0.2) is 6.61 Å². The number of benzene rings is 2. The zero-order chi connectivity index (χ0) is 23.6. The van der Waals surface area contributed by atoms with Crippen molar-refractivity contribution in [1.82, 2.24) is 4.31 Å². The molecule has 33 heavy (non-hydrogen) atoms. The zero-order valence-electron chi connectivity index (χ0n) is 18.3. The van der Waals surface area contributed by atoms with E-state index in [4.69, 9.17) is 13.9 Å². The maximum Gasteiger partial charge on any atom is 0.336 e. The lowest BCUT2D eigenvalue weighted by molar-refractivity contribution is -0.118. The summed E-state index contributed by atoms with van der Waals surface area (Å²) < 4.78 is 43.4. The molecule has 10 heteroatoms. The summed E-state index contributed by atoms with van der Waals surface area (Å²) in [5.74, 6) is -0.0924. The van der Waals surface area contributed by atoms with Crippen molar-refractivity contribution < 1.29 is 27.1 Å². The lowest BCUT2D eigenvalue weighted by atomic mass is 10.1. The summed E-state index contributed by atoms with van der Waals surface area (Å²) in [7, 11) is -3.70. The highest BCUT2D eigenvalue weighted by atomic mass is 32.2. The molecule has 2 aromatic carbocycles. The number of carbonyl (C=O) groups excluding carboxylic acids is 1. The van der Waals surface area contributed by atoms with Crippen molar-refractivity contribution in [1.29, 1.82) is 0 Å². The number of rotatable bonds is 6. The molecule has 0 unspecified atom stereocenters. The topological polar surface area (TPSA) is 115 Å². The molecule has 0 spiro atoms. The number of hydrogen-bond acceptors (Lipinski definition) is 7. The number of carbonyl (C=O) groups is 1. The van der Waals surface area contributed by atoms with Gasteiger partial charge < -0.3 is 19.2 Å². The number of nitrogens with zero attached hydrogens (tertiary/aromatic N) is 1. The van der Waals surface area contributed by atoms with E-state index in [-0.39, 0.29) is 24.6 Å². The van der Waals surface area contributed by atoms with Gasteiger partial charge in [-0.15, -0.1) is 0 Å². The molecule has 4 rings (SSSR count). The number of sulfonamides is 1. The van der Waals surface area contributed by atoms with Gasteiger partial charge in [0.25, 0.3) is 5.91 Å². The quantitative estimate of drug-likeness (QED) is 0.548. The summed E-state index contributed by atoms with van der Waals surface area (Å²) >= 11 is 0. The average Bonchev–Trinajstić information content (AvgIpc) is 2.79. The summed E-state index contributed by atoms with van der Waals surface area (Å²) in [4.78, 5) is 24.1. The highest BCUT2D eigenvalue weighted by molar-refractivity contribution is 7.89. The van der Waals surface area contributed by atoms with Crippen LogP contribution in [-0.2, 0) is 19.6 Å². The molecule has 1 aliphatic rings. The van der Waals surface area contributed by atoms with Crippen LogP contribution < -0.4 is 15.7 Å². The number of amides is 1. The van der Waals surface area contributed by atoms with E-state index in [0.717, 1.165) is 10.9 Å². The fourth-order valence-corrected chi connectivity index (χ4v) is 5.28. The van der Waals surface area contributed by atoms with Crippen molar-refractivity contribution in [3.63, 3.8) is 0 Å². The van der Waals surface area contributed by atoms with Gasteiger partial charge in [-0.1, -0.05) is 6.07 Å². The Hall–Kier alpha value is -3.21. The van der Waals surface area contributed by atoms with E-state index in [9.17, 15) is 18.0 Å². The highest BCUT2D eigenvalue weighted by Gasteiger charge is 2.28. The molecular formula is C23H24N2O7S. The van der Waals surface area contributed by atoms with Gasteiger partial charge in [0.1, 0.15) is 11.3 Å². The van der Waals surface area contributed by atoms with Gasteiger partial charge in [-0.25, -0.2) is 13.2 Å². The van der Waals surface area contributed by atoms with Gasteiger partial charge in [-0.3, -0.25) is 4.79 Å². The first-order valence-electron chi connectivity index (χ1n) is 10.4. The van der Waals surface area contributed by atoms with E-state index in [1.807, 2.05) is 6.92 Å². The minimum absolute atomic E-state index is 0.142. The monoisotopic (exact) mass is 472 g/mol. The van der Waals surface area contributed by atoms with Gasteiger partial charge in [0.2, 0.25) is 10.0 Å². The van der Waals surface area contributed by atoms with Crippen LogP contribution in [0.3, 0.4) is 0 Å². The molecule has 1 aliphatic heterocycles. The molecule has 174 valence electrons. The van der Waals surface area contributed by atoms with Gasteiger partial charge in [-0.05, 0) is 49.2 Å². The number of ether oxygens (including phenoxy) is 2. The van der Waals surface area contributed by atoms with Crippen LogP contribution in [-0.4, -0.2) is 51.5 Å². The van der Waals surface area contributed by atoms with Crippen molar-refractivity contribution in [2.75, 3.05) is 38.2 Å². The molecule has 9 nitrogen and oxygen atoms in total. The van der Waals surface area contributed by atoms with Crippen molar-refractivity contribution >= 4 is 32.6 Å². The number of nitrogens with one attached hydrogen (secondary N) is 1. The van der Waals surface area contributed by atoms with Crippen LogP contribution >= 0.6 is 0 Å². The summed E-state index contributed by atoms with van der Waals surface area (Å²) in [5, 5.41) is 3.44. The van der Waals surface area contributed by atoms with Crippen LogP contribution in [0.15, 0.2) is 56.6 Å².